The van der Waals surface area contributed by atoms with E-state index in [-0.39, 0.29) is 6.10 Å². The minimum absolute atomic E-state index is 0.162. The second kappa shape index (κ2) is 13.4. The van der Waals surface area contributed by atoms with Gasteiger partial charge in [0.05, 0.1) is 6.10 Å². The standard InChI is InChI=1S/C17H22O/c1-3-5-6-7-8-9-10-11-12-13-14-16-17(18)15-4-2/h3,5,10-13,17-18H,4,14-16H2,1-2H3/b5-3+,11-10+,13-12+/t17-/m1/s1. The monoisotopic (exact) mass is 242 g/mol. The van der Waals surface area contributed by atoms with Crippen molar-refractivity contribution in [1.82, 2.24) is 0 Å². The normalized spacial score (nSPS) is 12.4. The van der Waals surface area contributed by atoms with E-state index in [1.807, 2.05) is 31.2 Å². The lowest BCUT2D eigenvalue weighted by molar-refractivity contribution is 0.155. The molecule has 0 saturated carbocycles. The van der Waals surface area contributed by atoms with Crippen molar-refractivity contribution in [2.45, 2.75) is 45.6 Å². The molecule has 0 aromatic heterocycles. The molecule has 1 N–H and O–H groups in total. The molecule has 0 radical (unpaired) electrons. The van der Waals surface area contributed by atoms with E-state index in [9.17, 15) is 5.11 Å². The summed E-state index contributed by atoms with van der Waals surface area (Å²) < 4.78 is 0. The van der Waals surface area contributed by atoms with Gasteiger partial charge in [-0.1, -0.05) is 49.5 Å². The summed E-state index contributed by atoms with van der Waals surface area (Å²) in [6.07, 6.45) is 14.8. The Morgan fingerprint density at radius 2 is 1.78 bits per heavy atom. The molecule has 0 aliphatic heterocycles. The maximum atomic E-state index is 9.50. The van der Waals surface area contributed by atoms with Crippen LogP contribution in [-0.2, 0) is 0 Å². The summed E-state index contributed by atoms with van der Waals surface area (Å²) in [6, 6.07) is 0. The molecule has 1 heteroatoms. The van der Waals surface area contributed by atoms with Crippen molar-refractivity contribution in [3.63, 3.8) is 0 Å². The van der Waals surface area contributed by atoms with Crippen LogP contribution in [0.1, 0.15) is 39.5 Å². The summed E-state index contributed by atoms with van der Waals surface area (Å²) in [6.45, 7) is 4.00. The molecule has 0 aromatic carbocycles. The van der Waals surface area contributed by atoms with Crippen molar-refractivity contribution < 1.29 is 5.11 Å². The Kier molecular flexibility index (Phi) is 12.1. The fraction of sp³-hybridized carbons (Fsp3) is 0.412. The predicted octanol–water partition coefficient (Wildman–Crippen LogP) is 3.62. The highest BCUT2D eigenvalue weighted by Crippen LogP contribution is 2.04. The molecule has 0 heterocycles. The third-order valence-electron chi connectivity index (χ3n) is 2.17. The van der Waals surface area contributed by atoms with Crippen molar-refractivity contribution in [3.05, 3.63) is 36.5 Å². The third-order valence-corrected chi connectivity index (χ3v) is 2.17. The lowest BCUT2D eigenvalue weighted by atomic mass is 10.1. The molecule has 0 aromatic rings. The number of rotatable bonds is 6. The van der Waals surface area contributed by atoms with Gasteiger partial charge in [0.1, 0.15) is 0 Å². The Hall–Kier alpha value is -1.70. The van der Waals surface area contributed by atoms with E-state index in [0.29, 0.717) is 0 Å². The van der Waals surface area contributed by atoms with Gasteiger partial charge >= 0.3 is 0 Å². The van der Waals surface area contributed by atoms with Crippen LogP contribution in [-0.4, -0.2) is 11.2 Å². The molecule has 0 spiro atoms. The zero-order chi connectivity index (χ0) is 13.5. The van der Waals surface area contributed by atoms with Gasteiger partial charge in [-0.3, -0.25) is 0 Å². The van der Waals surface area contributed by atoms with Crippen LogP contribution in [0.15, 0.2) is 36.5 Å². The van der Waals surface area contributed by atoms with Crippen LogP contribution < -0.4 is 0 Å². The molecule has 96 valence electrons. The van der Waals surface area contributed by atoms with Gasteiger partial charge in [0.25, 0.3) is 0 Å². The summed E-state index contributed by atoms with van der Waals surface area (Å²) in [5.74, 6) is 11.0. The zero-order valence-corrected chi connectivity index (χ0v) is 11.3. The van der Waals surface area contributed by atoms with E-state index in [4.69, 9.17) is 0 Å². The molecule has 1 nitrogen and oxygen atoms in total. The van der Waals surface area contributed by atoms with Crippen molar-refractivity contribution in [3.8, 4) is 23.7 Å². The number of allylic oxidation sites excluding steroid dienone is 6. The lowest BCUT2D eigenvalue weighted by Gasteiger charge is -2.05. The number of hydrogen-bond acceptors (Lipinski definition) is 1. The molecule has 0 fully saturated rings. The maximum absolute atomic E-state index is 9.50. The topological polar surface area (TPSA) is 20.2 Å². The van der Waals surface area contributed by atoms with E-state index in [2.05, 4.69) is 30.6 Å². The van der Waals surface area contributed by atoms with Crippen molar-refractivity contribution in [2.75, 3.05) is 0 Å². The average Bonchev–Trinajstić information content (AvgIpc) is 2.36. The fourth-order valence-corrected chi connectivity index (χ4v) is 1.28. The van der Waals surface area contributed by atoms with E-state index >= 15 is 0 Å². The summed E-state index contributed by atoms with van der Waals surface area (Å²) >= 11 is 0. The Bertz CT molecular complexity index is 391. The number of aliphatic hydroxyl groups is 1. The average molecular weight is 242 g/mol. The van der Waals surface area contributed by atoms with Gasteiger partial charge in [-0.15, -0.1) is 0 Å². The van der Waals surface area contributed by atoms with Crippen molar-refractivity contribution >= 4 is 0 Å². The van der Waals surface area contributed by atoms with Crippen LogP contribution in [0.2, 0.25) is 0 Å². The second-order valence-electron chi connectivity index (χ2n) is 3.85. The Labute approximate surface area is 111 Å². The van der Waals surface area contributed by atoms with Gasteiger partial charge in [0.2, 0.25) is 0 Å². The second-order valence-corrected chi connectivity index (χ2v) is 3.85. The molecule has 0 unspecified atom stereocenters. The quantitative estimate of drug-likeness (QED) is 0.557. The minimum atomic E-state index is -0.162. The molecule has 0 rings (SSSR count). The Morgan fingerprint density at radius 1 is 1.06 bits per heavy atom. The molecule has 0 amide bonds. The van der Waals surface area contributed by atoms with Gasteiger partial charge in [-0.2, -0.15) is 0 Å². The Morgan fingerprint density at radius 3 is 2.44 bits per heavy atom. The smallest absolute Gasteiger partial charge is 0.0543 e. The number of hydrogen-bond donors (Lipinski definition) is 1. The fourth-order valence-electron chi connectivity index (χ4n) is 1.28. The SMILES string of the molecule is C/C=C/C#CC#C/C=C/C=C/CC[C@H](O)CCC. The van der Waals surface area contributed by atoms with Crippen LogP contribution >= 0.6 is 0 Å². The van der Waals surface area contributed by atoms with Crippen LogP contribution in [0.25, 0.3) is 0 Å². The van der Waals surface area contributed by atoms with E-state index in [1.165, 1.54) is 0 Å². The highest BCUT2D eigenvalue weighted by molar-refractivity contribution is 5.34. The summed E-state index contributed by atoms with van der Waals surface area (Å²) in [7, 11) is 0. The van der Waals surface area contributed by atoms with E-state index in [1.54, 1.807) is 12.2 Å². The van der Waals surface area contributed by atoms with Gasteiger partial charge < -0.3 is 5.11 Å². The molecule has 18 heavy (non-hydrogen) atoms. The first-order valence-electron chi connectivity index (χ1n) is 6.43. The van der Waals surface area contributed by atoms with E-state index < -0.39 is 0 Å². The molecular formula is C17H22O. The first-order chi connectivity index (χ1) is 8.81. The zero-order valence-electron chi connectivity index (χ0n) is 11.3. The van der Waals surface area contributed by atoms with E-state index in [0.717, 1.165) is 25.7 Å². The first-order valence-corrected chi connectivity index (χ1v) is 6.43. The van der Waals surface area contributed by atoms with Gasteiger partial charge in [0, 0.05) is 0 Å². The molecule has 0 bridgehead atoms. The van der Waals surface area contributed by atoms with Gasteiger partial charge in [0.15, 0.2) is 0 Å². The third kappa shape index (κ3) is 12.4. The minimum Gasteiger partial charge on any atom is -0.393 e. The van der Waals surface area contributed by atoms with Crippen molar-refractivity contribution in [2.24, 2.45) is 0 Å². The summed E-state index contributed by atoms with van der Waals surface area (Å²) in [5, 5.41) is 9.50. The van der Waals surface area contributed by atoms with Crippen molar-refractivity contribution in [1.29, 1.82) is 0 Å². The van der Waals surface area contributed by atoms with Crippen LogP contribution in [0.5, 0.6) is 0 Å². The molecule has 1 atom stereocenters. The molecular weight excluding hydrogens is 220 g/mol. The molecule has 0 aliphatic rings. The summed E-state index contributed by atoms with van der Waals surface area (Å²) in [4.78, 5) is 0. The lowest BCUT2D eigenvalue weighted by Crippen LogP contribution is -2.04. The highest BCUT2D eigenvalue weighted by atomic mass is 16.3. The van der Waals surface area contributed by atoms with Crippen LogP contribution in [0.4, 0.5) is 0 Å². The highest BCUT2D eigenvalue weighted by Gasteiger charge is 1.98. The predicted molar refractivity (Wildman–Crippen MR) is 78.8 cm³/mol. The van der Waals surface area contributed by atoms with Gasteiger partial charge in [-0.25, -0.2) is 0 Å². The summed E-state index contributed by atoms with van der Waals surface area (Å²) in [5.41, 5.74) is 0. The van der Waals surface area contributed by atoms with Crippen LogP contribution in [0.3, 0.4) is 0 Å². The number of aliphatic hydroxyl groups excluding tert-OH is 1. The van der Waals surface area contributed by atoms with Crippen LogP contribution in [0, 0.1) is 23.7 Å². The molecule has 0 saturated heterocycles. The largest absolute Gasteiger partial charge is 0.393 e. The maximum Gasteiger partial charge on any atom is 0.0543 e. The molecule has 0 aliphatic carbocycles. The first kappa shape index (κ1) is 16.3. The van der Waals surface area contributed by atoms with Gasteiger partial charge in [-0.05, 0) is 50.2 Å². The Balaban J connectivity index is 3.73.